The molecule has 1 amide bonds. The lowest BCUT2D eigenvalue weighted by molar-refractivity contribution is -0.322. The Kier molecular flexibility index (Phi) is 4.90. The number of carbonyl (C=O) groups is 1. The SMILES string of the molecule is CC(C)C1CCN(C(=O)C(C)(C(F)(F)F)C(F)(F)F)CC1. The van der Waals surface area contributed by atoms with Gasteiger partial charge in [0.05, 0.1) is 0 Å². The van der Waals surface area contributed by atoms with Crippen molar-refractivity contribution in [1.29, 1.82) is 0 Å². The van der Waals surface area contributed by atoms with Crippen LogP contribution in [0.1, 0.15) is 33.6 Å². The van der Waals surface area contributed by atoms with E-state index in [4.69, 9.17) is 0 Å². The summed E-state index contributed by atoms with van der Waals surface area (Å²) >= 11 is 0. The van der Waals surface area contributed by atoms with E-state index in [0.717, 1.165) is 0 Å². The van der Waals surface area contributed by atoms with Crippen molar-refractivity contribution < 1.29 is 31.1 Å². The average molecular weight is 319 g/mol. The summed E-state index contributed by atoms with van der Waals surface area (Å²) in [5.74, 6) is -1.39. The van der Waals surface area contributed by atoms with E-state index in [9.17, 15) is 31.1 Å². The second-order valence-corrected chi connectivity index (χ2v) is 5.99. The van der Waals surface area contributed by atoms with Crippen molar-refractivity contribution in [2.45, 2.75) is 46.0 Å². The number of halogens is 6. The van der Waals surface area contributed by atoms with E-state index in [-0.39, 0.29) is 25.9 Å². The molecular weight excluding hydrogens is 300 g/mol. The van der Waals surface area contributed by atoms with Crippen LogP contribution in [0, 0.1) is 17.3 Å². The maximum Gasteiger partial charge on any atom is 0.411 e. The van der Waals surface area contributed by atoms with Gasteiger partial charge in [0.2, 0.25) is 11.3 Å². The molecule has 0 aromatic rings. The van der Waals surface area contributed by atoms with E-state index in [1.54, 1.807) is 0 Å². The predicted molar refractivity (Wildman–Crippen MR) is 64.4 cm³/mol. The molecule has 0 unspecified atom stereocenters. The number of likely N-dealkylation sites (tertiary alicyclic amines) is 1. The van der Waals surface area contributed by atoms with E-state index in [0.29, 0.717) is 23.7 Å². The van der Waals surface area contributed by atoms with Crippen molar-refractivity contribution in [3.05, 3.63) is 0 Å². The van der Waals surface area contributed by atoms with Crippen LogP contribution in [0.4, 0.5) is 26.3 Å². The largest absolute Gasteiger partial charge is 0.411 e. The molecule has 0 N–H and O–H groups in total. The molecule has 1 saturated heterocycles. The molecule has 0 bridgehead atoms. The summed E-state index contributed by atoms with van der Waals surface area (Å²) in [7, 11) is 0. The zero-order valence-corrected chi connectivity index (χ0v) is 12.1. The van der Waals surface area contributed by atoms with Gasteiger partial charge >= 0.3 is 12.4 Å². The zero-order valence-electron chi connectivity index (χ0n) is 12.1. The summed E-state index contributed by atoms with van der Waals surface area (Å²) in [6.07, 6.45) is -10.5. The minimum Gasteiger partial charge on any atom is -0.342 e. The number of piperidine rings is 1. The normalized spacial score (nSPS) is 19.2. The van der Waals surface area contributed by atoms with Crippen LogP contribution >= 0.6 is 0 Å². The number of rotatable bonds is 2. The molecule has 0 radical (unpaired) electrons. The first kappa shape index (κ1) is 18.1. The lowest BCUT2D eigenvalue weighted by Crippen LogP contribution is -2.59. The first-order chi connectivity index (χ1) is 9.32. The lowest BCUT2D eigenvalue weighted by Gasteiger charge is -2.40. The van der Waals surface area contributed by atoms with Crippen LogP contribution in [-0.2, 0) is 4.79 Å². The summed E-state index contributed by atoms with van der Waals surface area (Å²) in [6.45, 7) is 3.67. The van der Waals surface area contributed by atoms with Crippen LogP contribution in [0.25, 0.3) is 0 Å². The molecule has 0 saturated carbocycles. The summed E-state index contributed by atoms with van der Waals surface area (Å²) < 4.78 is 77.1. The van der Waals surface area contributed by atoms with Gasteiger partial charge in [0, 0.05) is 13.1 Å². The fourth-order valence-electron chi connectivity index (χ4n) is 2.49. The molecule has 1 rings (SSSR count). The van der Waals surface area contributed by atoms with Crippen LogP contribution in [0.15, 0.2) is 0 Å². The first-order valence-electron chi connectivity index (χ1n) is 6.75. The van der Waals surface area contributed by atoms with Crippen molar-refractivity contribution in [3.8, 4) is 0 Å². The van der Waals surface area contributed by atoms with Gasteiger partial charge in [-0.2, -0.15) is 26.3 Å². The second kappa shape index (κ2) is 5.68. The van der Waals surface area contributed by atoms with E-state index in [2.05, 4.69) is 0 Å². The first-order valence-corrected chi connectivity index (χ1v) is 6.75. The van der Waals surface area contributed by atoms with Gasteiger partial charge in [-0.3, -0.25) is 4.79 Å². The minimum atomic E-state index is -5.67. The van der Waals surface area contributed by atoms with Gasteiger partial charge in [0.15, 0.2) is 0 Å². The Bertz CT molecular complexity index is 365. The molecule has 1 fully saturated rings. The number of hydrogen-bond donors (Lipinski definition) is 0. The van der Waals surface area contributed by atoms with Crippen molar-refractivity contribution >= 4 is 5.91 Å². The molecule has 8 heteroatoms. The van der Waals surface area contributed by atoms with Crippen LogP contribution < -0.4 is 0 Å². The summed E-state index contributed by atoms with van der Waals surface area (Å²) in [6, 6.07) is 0. The number of alkyl halides is 6. The number of carbonyl (C=O) groups excluding carboxylic acids is 1. The maximum atomic E-state index is 12.8. The summed E-state index contributed by atoms with van der Waals surface area (Å²) in [5.41, 5.74) is -4.34. The molecule has 1 heterocycles. The van der Waals surface area contributed by atoms with Crippen molar-refractivity contribution in [2.24, 2.45) is 17.3 Å². The highest BCUT2D eigenvalue weighted by atomic mass is 19.4. The van der Waals surface area contributed by atoms with E-state index in [1.807, 2.05) is 13.8 Å². The Morgan fingerprint density at radius 1 is 1.00 bits per heavy atom. The Hall–Kier alpha value is -0.950. The maximum absolute atomic E-state index is 12.8. The number of hydrogen-bond acceptors (Lipinski definition) is 1. The van der Waals surface area contributed by atoms with Crippen molar-refractivity contribution in [1.82, 2.24) is 4.90 Å². The Labute approximate surface area is 119 Å². The van der Waals surface area contributed by atoms with Crippen LogP contribution in [0.2, 0.25) is 0 Å². The fourth-order valence-corrected chi connectivity index (χ4v) is 2.49. The molecule has 1 aliphatic rings. The van der Waals surface area contributed by atoms with E-state index in [1.165, 1.54) is 0 Å². The van der Waals surface area contributed by atoms with Crippen LogP contribution in [-0.4, -0.2) is 36.2 Å². The van der Waals surface area contributed by atoms with Gasteiger partial charge in [0.1, 0.15) is 0 Å². The van der Waals surface area contributed by atoms with E-state index < -0.39 is 23.7 Å². The average Bonchev–Trinajstić information content (AvgIpc) is 2.34. The third kappa shape index (κ3) is 3.29. The molecule has 0 aromatic carbocycles. The topological polar surface area (TPSA) is 20.3 Å². The van der Waals surface area contributed by atoms with Gasteiger partial charge in [-0.15, -0.1) is 0 Å². The highest BCUT2D eigenvalue weighted by Gasteiger charge is 2.73. The van der Waals surface area contributed by atoms with Gasteiger partial charge in [-0.25, -0.2) is 0 Å². The monoisotopic (exact) mass is 319 g/mol. The van der Waals surface area contributed by atoms with Gasteiger partial charge < -0.3 is 4.90 Å². The summed E-state index contributed by atoms with van der Waals surface area (Å²) in [4.78, 5) is 12.6. The zero-order chi connectivity index (χ0) is 16.6. The van der Waals surface area contributed by atoms with Crippen LogP contribution in [0.5, 0.6) is 0 Å². The summed E-state index contributed by atoms with van der Waals surface area (Å²) in [5, 5.41) is 0. The Morgan fingerprint density at radius 2 is 1.38 bits per heavy atom. The highest BCUT2D eigenvalue weighted by molar-refractivity contribution is 5.84. The highest BCUT2D eigenvalue weighted by Crippen LogP contribution is 2.51. The van der Waals surface area contributed by atoms with Gasteiger partial charge in [-0.1, -0.05) is 13.8 Å². The van der Waals surface area contributed by atoms with E-state index >= 15 is 0 Å². The second-order valence-electron chi connectivity index (χ2n) is 5.99. The molecular formula is C13H19F6NO. The van der Waals surface area contributed by atoms with Crippen molar-refractivity contribution in [2.75, 3.05) is 13.1 Å². The number of amides is 1. The molecule has 1 aliphatic heterocycles. The molecule has 0 aromatic heterocycles. The number of nitrogens with zero attached hydrogens (tertiary/aromatic N) is 1. The third-order valence-electron chi connectivity index (χ3n) is 4.33. The predicted octanol–water partition coefficient (Wildman–Crippen LogP) is 4.01. The van der Waals surface area contributed by atoms with Crippen LogP contribution in [0.3, 0.4) is 0 Å². The standard InChI is InChI=1S/C13H19F6NO/c1-8(2)9-4-6-20(7-5-9)10(21)11(3,12(14,15)16)13(17,18)19/h8-9H,4-7H2,1-3H3. The fraction of sp³-hybridized carbons (Fsp3) is 0.923. The third-order valence-corrected chi connectivity index (χ3v) is 4.33. The Balaban J connectivity index is 2.95. The molecule has 0 aliphatic carbocycles. The smallest absolute Gasteiger partial charge is 0.342 e. The Morgan fingerprint density at radius 3 is 1.67 bits per heavy atom. The molecule has 124 valence electrons. The van der Waals surface area contributed by atoms with Gasteiger partial charge in [0.25, 0.3) is 0 Å². The van der Waals surface area contributed by atoms with Crippen molar-refractivity contribution in [3.63, 3.8) is 0 Å². The molecule has 0 atom stereocenters. The lowest BCUT2D eigenvalue weighted by atomic mass is 9.83. The minimum absolute atomic E-state index is 0.0660. The molecule has 0 spiro atoms. The van der Waals surface area contributed by atoms with Gasteiger partial charge in [-0.05, 0) is 31.6 Å². The molecule has 2 nitrogen and oxygen atoms in total. The quantitative estimate of drug-likeness (QED) is 0.704. The molecule has 21 heavy (non-hydrogen) atoms.